The second-order valence-corrected chi connectivity index (χ2v) is 2.27. The van der Waals surface area contributed by atoms with Crippen LogP contribution in [0.2, 0.25) is 0 Å². The summed E-state index contributed by atoms with van der Waals surface area (Å²) < 4.78 is 4.73. The maximum atomic E-state index is 9.84. The Balaban J connectivity index is 2.39. The van der Waals surface area contributed by atoms with Gasteiger partial charge in [-0.25, -0.2) is 0 Å². The molecule has 1 fully saturated rings. The van der Waals surface area contributed by atoms with E-state index in [9.17, 15) is 4.79 Å². The smallest absolute Gasteiger partial charge is 0.293 e. The van der Waals surface area contributed by atoms with E-state index in [2.05, 4.69) is 6.58 Å². The molecule has 0 N–H and O–H groups in total. The van der Waals surface area contributed by atoms with E-state index in [0.29, 0.717) is 6.47 Å². The van der Waals surface area contributed by atoms with Crippen LogP contribution in [0.3, 0.4) is 0 Å². The first-order valence-corrected chi connectivity index (χ1v) is 3.11. The van der Waals surface area contributed by atoms with Crippen molar-refractivity contribution in [3.8, 4) is 0 Å². The normalized spacial score (nSPS) is 26.2. The molecule has 1 aliphatic rings. The van der Waals surface area contributed by atoms with Crippen molar-refractivity contribution >= 4 is 6.47 Å². The standard InChI is InChI=1S/C7H10O2/c1-6-3-2-4-7(6)9-5-8/h5,7H,1-4H2. The van der Waals surface area contributed by atoms with Crippen molar-refractivity contribution in [3.05, 3.63) is 12.2 Å². The molecule has 1 saturated carbocycles. The minimum absolute atomic E-state index is 0.0162. The van der Waals surface area contributed by atoms with Crippen LogP contribution in [-0.2, 0) is 9.53 Å². The quantitative estimate of drug-likeness (QED) is 0.411. The summed E-state index contributed by atoms with van der Waals surface area (Å²) in [4.78, 5) is 9.84. The van der Waals surface area contributed by atoms with Gasteiger partial charge in [0.2, 0.25) is 0 Å². The highest BCUT2D eigenvalue weighted by atomic mass is 16.5. The first-order chi connectivity index (χ1) is 4.34. The van der Waals surface area contributed by atoms with Gasteiger partial charge in [0.05, 0.1) is 0 Å². The number of hydrogen-bond donors (Lipinski definition) is 0. The molecule has 0 radical (unpaired) electrons. The lowest BCUT2D eigenvalue weighted by Crippen LogP contribution is -2.07. The predicted molar refractivity (Wildman–Crippen MR) is 33.9 cm³/mol. The molecule has 0 amide bonds. The average Bonchev–Trinajstić information content (AvgIpc) is 2.18. The molecule has 0 saturated heterocycles. The van der Waals surface area contributed by atoms with Gasteiger partial charge in [0.1, 0.15) is 6.10 Å². The van der Waals surface area contributed by atoms with E-state index in [-0.39, 0.29) is 6.10 Å². The van der Waals surface area contributed by atoms with E-state index in [1.807, 2.05) is 0 Å². The zero-order valence-electron chi connectivity index (χ0n) is 5.30. The van der Waals surface area contributed by atoms with Gasteiger partial charge in [-0.2, -0.15) is 0 Å². The largest absolute Gasteiger partial charge is 0.460 e. The van der Waals surface area contributed by atoms with Gasteiger partial charge in [-0.1, -0.05) is 6.58 Å². The van der Waals surface area contributed by atoms with Gasteiger partial charge in [0, 0.05) is 0 Å². The van der Waals surface area contributed by atoms with E-state index >= 15 is 0 Å². The highest BCUT2D eigenvalue weighted by molar-refractivity contribution is 5.38. The van der Waals surface area contributed by atoms with Crippen molar-refractivity contribution in [1.82, 2.24) is 0 Å². The minimum atomic E-state index is 0.0162. The molecule has 0 aromatic heterocycles. The second-order valence-electron chi connectivity index (χ2n) is 2.27. The molecule has 0 bridgehead atoms. The van der Waals surface area contributed by atoms with Crippen LogP contribution in [-0.4, -0.2) is 12.6 Å². The number of hydrogen-bond acceptors (Lipinski definition) is 2. The molecule has 1 atom stereocenters. The summed E-state index contributed by atoms with van der Waals surface area (Å²) in [5.41, 5.74) is 1.06. The number of carbonyl (C=O) groups is 1. The van der Waals surface area contributed by atoms with Crippen LogP contribution < -0.4 is 0 Å². The number of carbonyl (C=O) groups excluding carboxylic acids is 1. The molecule has 9 heavy (non-hydrogen) atoms. The monoisotopic (exact) mass is 126 g/mol. The highest BCUT2D eigenvalue weighted by Gasteiger charge is 2.19. The Kier molecular flexibility index (Phi) is 1.88. The lowest BCUT2D eigenvalue weighted by atomic mass is 10.2. The molecule has 1 aliphatic carbocycles. The second kappa shape index (κ2) is 2.67. The van der Waals surface area contributed by atoms with Gasteiger partial charge in [-0.05, 0) is 24.8 Å². The van der Waals surface area contributed by atoms with Gasteiger partial charge in [0.25, 0.3) is 6.47 Å². The van der Waals surface area contributed by atoms with Crippen LogP contribution in [0, 0.1) is 0 Å². The molecule has 2 heteroatoms. The SMILES string of the molecule is C=C1CCCC1OC=O. The van der Waals surface area contributed by atoms with Crippen molar-refractivity contribution in [1.29, 1.82) is 0 Å². The molecular formula is C7H10O2. The van der Waals surface area contributed by atoms with Crippen molar-refractivity contribution in [2.24, 2.45) is 0 Å². The van der Waals surface area contributed by atoms with Gasteiger partial charge in [-0.15, -0.1) is 0 Å². The third kappa shape index (κ3) is 1.31. The summed E-state index contributed by atoms with van der Waals surface area (Å²) in [6.07, 6.45) is 3.09. The van der Waals surface area contributed by atoms with E-state index in [1.165, 1.54) is 0 Å². The first kappa shape index (κ1) is 6.33. The van der Waals surface area contributed by atoms with Gasteiger partial charge >= 0.3 is 0 Å². The van der Waals surface area contributed by atoms with Gasteiger partial charge in [-0.3, -0.25) is 4.79 Å². The van der Waals surface area contributed by atoms with Crippen LogP contribution in [0.5, 0.6) is 0 Å². The zero-order valence-corrected chi connectivity index (χ0v) is 5.30. The summed E-state index contributed by atoms with van der Waals surface area (Å²) in [6, 6.07) is 0. The third-order valence-corrected chi connectivity index (χ3v) is 1.64. The minimum Gasteiger partial charge on any atom is -0.460 e. The van der Waals surface area contributed by atoms with Crippen LogP contribution >= 0.6 is 0 Å². The van der Waals surface area contributed by atoms with Crippen molar-refractivity contribution < 1.29 is 9.53 Å². The molecule has 0 aromatic carbocycles. The van der Waals surface area contributed by atoms with Crippen LogP contribution in [0.1, 0.15) is 19.3 Å². The summed E-state index contributed by atoms with van der Waals surface area (Å²) in [6.45, 7) is 4.27. The Morgan fingerprint density at radius 1 is 1.78 bits per heavy atom. The van der Waals surface area contributed by atoms with Gasteiger partial charge < -0.3 is 4.74 Å². The fourth-order valence-corrected chi connectivity index (χ4v) is 1.11. The molecule has 1 unspecified atom stereocenters. The van der Waals surface area contributed by atoms with E-state index in [0.717, 1.165) is 24.8 Å². The molecule has 0 aromatic rings. The van der Waals surface area contributed by atoms with Crippen LogP contribution in [0.4, 0.5) is 0 Å². The fourth-order valence-electron chi connectivity index (χ4n) is 1.11. The van der Waals surface area contributed by atoms with Crippen molar-refractivity contribution in [2.45, 2.75) is 25.4 Å². The summed E-state index contributed by atoms with van der Waals surface area (Å²) in [5, 5.41) is 0. The number of ether oxygens (including phenoxy) is 1. The molecule has 2 nitrogen and oxygen atoms in total. The molecule has 50 valence electrons. The summed E-state index contributed by atoms with van der Waals surface area (Å²) >= 11 is 0. The van der Waals surface area contributed by atoms with Crippen LogP contribution in [0.25, 0.3) is 0 Å². The highest BCUT2D eigenvalue weighted by Crippen LogP contribution is 2.24. The Labute approximate surface area is 54.5 Å². The Bertz CT molecular complexity index is 129. The third-order valence-electron chi connectivity index (χ3n) is 1.64. The van der Waals surface area contributed by atoms with Gasteiger partial charge in [0.15, 0.2) is 0 Å². The maximum Gasteiger partial charge on any atom is 0.293 e. The van der Waals surface area contributed by atoms with E-state index in [4.69, 9.17) is 4.74 Å². The summed E-state index contributed by atoms with van der Waals surface area (Å²) in [5.74, 6) is 0. The topological polar surface area (TPSA) is 26.3 Å². The number of rotatable bonds is 2. The van der Waals surface area contributed by atoms with E-state index < -0.39 is 0 Å². The molecule has 1 rings (SSSR count). The average molecular weight is 126 g/mol. The first-order valence-electron chi connectivity index (χ1n) is 3.11. The van der Waals surface area contributed by atoms with E-state index in [1.54, 1.807) is 0 Å². The lowest BCUT2D eigenvalue weighted by molar-refractivity contribution is -0.131. The fraction of sp³-hybridized carbons (Fsp3) is 0.571. The Morgan fingerprint density at radius 2 is 2.56 bits per heavy atom. The molecule has 0 aliphatic heterocycles. The Morgan fingerprint density at radius 3 is 3.00 bits per heavy atom. The maximum absolute atomic E-state index is 9.84. The van der Waals surface area contributed by atoms with Crippen LogP contribution in [0.15, 0.2) is 12.2 Å². The predicted octanol–water partition coefficient (Wildman–Crippen LogP) is 1.27. The zero-order chi connectivity index (χ0) is 6.69. The molecular weight excluding hydrogens is 116 g/mol. The Hall–Kier alpha value is -0.790. The molecule has 0 spiro atoms. The van der Waals surface area contributed by atoms with Crippen molar-refractivity contribution in [2.75, 3.05) is 0 Å². The van der Waals surface area contributed by atoms with Crippen molar-refractivity contribution in [3.63, 3.8) is 0 Å². The molecule has 0 heterocycles. The lowest BCUT2D eigenvalue weighted by Gasteiger charge is -2.06. The summed E-state index contributed by atoms with van der Waals surface area (Å²) in [7, 11) is 0.